The number of carbonyl (C=O) groups is 2. The maximum absolute atomic E-state index is 12.6. The molecule has 0 atom stereocenters. The number of ether oxygens (including phenoxy) is 2. The fraction of sp³-hybridized carbons (Fsp3) is 0.391. The van der Waals surface area contributed by atoms with Crippen LogP contribution in [0.2, 0.25) is 0 Å². The van der Waals surface area contributed by atoms with Crippen molar-refractivity contribution >= 4 is 11.8 Å². The van der Waals surface area contributed by atoms with Crippen molar-refractivity contribution in [1.82, 2.24) is 10.6 Å². The van der Waals surface area contributed by atoms with Crippen LogP contribution in [0.1, 0.15) is 24.0 Å². The number of nitrogens with one attached hydrogen (secondary N) is 2. The van der Waals surface area contributed by atoms with E-state index >= 15 is 0 Å². The van der Waals surface area contributed by atoms with Crippen molar-refractivity contribution in [3.05, 3.63) is 59.7 Å². The van der Waals surface area contributed by atoms with Crippen molar-refractivity contribution in [2.45, 2.75) is 25.7 Å². The first-order valence-electron chi connectivity index (χ1n) is 9.90. The standard InChI is InChI=1S/C23H28N2O4/c1-28-19-8-6-17(7-9-19)10-14-24-21(26)23(12-13-23)22(27)25-15-11-18-4-3-5-20(16-18)29-2/h3-9,16H,10-15H2,1-2H3,(H,24,26)(H,25,27). The Hall–Kier alpha value is -3.02. The van der Waals surface area contributed by atoms with E-state index in [1.54, 1.807) is 14.2 Å². The van der Waals surface area contributed by atoms with E-state index in [2.05, 4.69) is 10.6 Å². The number of rotatable bonds is 10. The van der Waals surface area contributed by atoms with Crippen LogP contribution in [0.25, 0.3) is 0 Å². The zero-order valence-electron chi connectivity index (χ0n) is 17.0. The predicted octanol–water partition coefficient (Wildman–Crippen LogP) is 2.50. The van der Waals surface area contributed by atoms with Crippen LogP contribution in [-0.4, -0.2) is 39.1 Å². The average molecular weight is 396 g/mol. The predicted molar refractivity (Wildman–Crippen MR) is 111 cm³/mol. The molecule has 1 saturated carbocycles. The molecule has 0 aromatic heterocycles. The molecule has 2 amide bonds. The smallest absolute Gasteiger partial charge is 0.235 e. The van der Waals surface area contributed by atoms with E-state index in [-0.39, 0.29) is 11.8 Å². The van der Waals surface area contributed by atoms with Gasteiger partial charge in [-0.1, -0.05) is 24.3 Å². The fourth-order valence-corrected chi connectivity index (χ4v) is 3.28. The number of carbonyl (C=O) groups excluding carboxylic acids is 2. The molecule has 0 heterocycles. The van der Waals surface area contributed by atoms with Gasteiger partial charge in [-0.25, -0.2) is 0 Å². The molecular weight excluding hydrogens is 368 g/mol. The average Bonchev–Trinajstić information content (AvgIpc) is 3.56. The van der Waals surface area contributed by atoms with Gasteiger partial charge in [0.2, 0.25) is 11.8 Å². The monoisotopic (exact) mass is 396 g/mol. The van der Waals surface area contributed by atoms with E-state index in [0.717, 1.165) is 22.6 Å². The van der Waals surface area contributed by atoms with Gasteiger partial charge in [-0.15, -0.1) is 0 Å². The molecule has 29 heavy (non-hydrogen) atoms. The number of methoxy groups -OCH3 is 2. The Morgan fingerprint density at radius 3 is 1.97 bits per heavy atom. The summed E-state index contributed by atoms with van der Waals surface area (Å²) in [4.78, 5) is 25.1. The summed E-state index contributed by atoms with van der Waals surface area (Å²) >= 11 is 0. The number of benzene rings is 2. The molecule has 6 heteroatoms. The zero-order chi connectivity index (χ0) is 20.7. The van der Waals surface area contributed by atoms with Crippen molar-refractivity contribution in [2.75, 3.05) is 27.3 Å². The summed E-state index contributed by atoms with van der Waals surface area (Å²) in [6.45, 7) is 0.997. The Labute approximate surface area is 171 Å². The molecule has 0 spiro atoms. The highest BCUT2D eigenvalue weighted by Gasteiger charge is 2.56. The number of amides is 2. The molecule has 2 N–H and O–H groups in total. The summed E-state index contributed by atoms with van der Waals surface area (Å²) in [7, 11) is 3.26. The normalized spacial score (nSPS) is 14.0. The van der Waals surface area contributed by atoms with Gasteiger partial charge in [-0.2, -0.15) is 0 Å². The Bertz CT molecular complexity index is 844. The molecular formula is C23H28N2O4. The maximum Gasteiger partial charge on any atom is 0.235 e. The van der Waals surface area contributed by atoms with Crippen LogP contribution in [0, 0.1) is 5.41 Å². The van der Waals surface area contributed by atoms with Gasteiger partial charge in [-0.05, 0) is 61.1 Å². The maximum atomic E-state index is 12.6. The van der Waals surface area contributed by atoms with Gasteiger partial charge in [0.1, 0.15) is 16.9 Å². The largest absolute Gasteiger partial charge is 0.497 e. The molecule has 154 valence electrons. The van der Waals surface area contributed by atoms with Crippen molar-refractivity contribution < 1.29 is 19.1 Å². The Kier molecular flexibility index (Phi) is 6.75. The number of hydrogen-bond donors (Lipinski definition) is 2. The van der Waals surface area contributed by atoms with Gasteiger partial charge in [0.25, 0.3) is 0 Å². The third-order valence-electron chi connectivity index (χ3n) is 5.31. The highest BCUT2D eigenvalue weighted by molar-refractivity contribution is 6.07. The second kappa shape index (κ2) is 9.45. The Morgan fingerprint density at radius 2 is 1.41 bits per heavy atom. The lowest BCUT2D eigenvalue weighted by atomic mass is 10.0. The Balaban J connectivity index is 1.42. The molecule has 1 fully saturated rings. The summed E-state index contributed by atoms with van der Waals surface area (Å²) in [5.41, 5.74) is 1.30. The molecule has 1 aliphatic rings. The van der Waals surface area contributed by atoms with E-state index in [1.807, 2.05) is 48.5 Å². The summed E-state index contributed by atoms with van der Waals surface area (Å²) in [6, 6.07) is 15.5. The minimum atomic E-state index is -0.895. The van der Waals surface area contributed by atoms with E-state index in [0.29, 0.717) is 38.8 Å². The van der Waals surface area contributed by atoms with Crippen molar-refractivity contribution in [2.24, 2.45) is 5.41 Å². The van der Waals surface area contributed by atoms with Gasteiger partial charge in [0.15, 0.2) is 0 Å². The van der Waals surface area contributed by atoms with Crippen LogP contribution < -0.4 is 20.1 Å². The third kappa shape index (κ3) is 5.28. The van der Waals surface area contributed by atoms with Crippen LogP contribution in [0.5, 0.6) is 11.5 Å². The second-order valence-electron chi connectivity index (χ2n) is 7.29. The fourth-order valence-electron chi connectivity index (χ4n) is 3.28. The van der Waals surface area contributed by atoms with Crippen LogP contribution in [0.4, 0.5) is 0 Å². The van der Waals surface area contributed by atoms with Gasteiger partial charge >= 0.3 is 0 Å². The summed E-state index contributed by atoms with van der Waals surface area (Å²) in [5.74, 6) is 1.25. The minimum Gasteiger partial charge on any atom is -0.497 e. The lowest BCUT2D eigenvalue weighted by molar-refractivity contribution is -0.137. The van der Waals surface area contributed by atoms with Crippen LogP contribution >= 0.6 is 0 Å². The van der Waals surface area contributed by atoms with E-state index in [4.69, 9.17) is 9.47 Å². The molecule has 2 aromatic rings. The number of hydrogen-bond acceptors (Lipinski definition) is 4. The van der Waals surface area contributed by atoms with Gasteiger partial charge < -0.3 is 20.1 Å². The first-order chi connectivity index (χ1) is 14.1. The van der Waals surface area contributed by atoms with Crippen LogP contribution in [0.3, 0.4) is 0 Å². The molecule has 0 bridgehead atoms. The minimum absolute atomic E-state index is 0.176. The van der Waals surface area contributed by atoms with Crippen molar-refractivity contribution in [1.29, 1.82) is 0 Å². The molecule has 0 saturated heterocycles. The van der Waals surface area contributed by atoms with Crippen molar-refractivity contribution in [3.63, 3.8) is 0 Å². The first-order valence-corrected chi connectivity index (χ1v) is 9.90. The lowest BCUT2D eigenvalue weighted by Gasteiger charge is -2.15. The van der Waals surface area contributed by atoms with Crippen LogP contribution in [-0.2, 0) is 22.4 Å². The third-order valence-corrected chi connectivity index (χ3v) is 5.31. The van der Waals surface area contributed by atoms with Crippen LogP contribution in [0.15, 0.2) is 48.5 Å². The molecule has 0 unspecified atom stereocenters. The van der Waals surface area contributed by atoms with Gasteiger partial charge in [-0.3, -0.25) is 9.59 Å². The SMILES string of the molecule is COc1ccc(CCNC(=O)C2(C(=O)NCCc3cccc(OC)c3)CC2)cc1. The summed E-state index contributed by atoms with van der Waals surface area (Å²) in [6.07, 6.45) is 2.61. The van der Waals surface area contributed by atoms with E-state index in [9.17, 15) is 9.59 Å². The van der Waals surface area contributed by atoms with Gasteiger partial charge in [0.05, 0.1) is 14.2 Å². The molecule has 0 aliphatic heterocycles. The summed E-state index contributed by atoms with van der Waals surface area (Å²) in [5, 5.41) is 5.84. The lowest BCUT2D eigenvalue weighted by Crippen LogP contribution is -2.44. The molecule has 0 radical (unpaired) electrons. The molecule has 6 nitrogen and oxygen atoms in total. The molecule has 3 rings (SSSR count). The summed E-state index contributed by atoms with van der Waals surface area (Å²) < 4.78 is 10.4. The Morgan fingerprint density at radius 1 is 0.828 bits per heavy atom. The molecule has 2 aromatic carbocycles. The quantitative estimate of drug-likeness (QED) is 0.605. The van der Waals surface area contributed by atoms with E-state index < -0.39 is 5.41 Å². The van der Waals surface area contributed by atoms with Crippen molar-refractivity contribution in [3.8, 4) is 11.5 Å². The first kappa shape index (κ1) is 20.7. The highest BCUT2D eigenvalue weighted by Crippen LogP contribution is 2.46. The second-order valence-corrected chi connectivity index (χ2v) is 7.29. The zero-order valence-corrected chi connectivity index (χ0v) is 17.0. The van der Waals surface area contributed by atoms with E-state index in [1.165, 1.54) is 0 Å². The highest BCUT2D eigenvalue weighted by atomic mass is 16.5. The van der Waals surface area contributed by atoms with Gasteiger partial charge in [0, 0.05) is 13.1 Å². The molecule has 1 aliphatic carbocycles. The topological polar surface area (TPSA) is 76.7 Å².